The zero-order chi connectivity index (χ0) is 32.4. The molecular weight excluding hydrogens is 606 g/mol. The zero-order valence-electron chi connectivity index (χ0n) is 26.3. The van der Waals surface area contributed by atoms with E-state index < -0.39 is 0 Å². The van der Waals surface area contributed by atoms with E-state index in [1.54, 1.807) is 32.4 Å². The van der Waals surface area contributed by atoms with Gasteiger partial charge in [-0.15, -0.1) is 0 Å². The lowest BCUT2D eigenvalue weighted by molar-refractivity contribution is -0.112. The summed E-state index contributed by atoms with van der Waals surface area (Å²) in [5.41, 5.74) is 12.0. The maximum atomic E-state index is 13.9. The molecule has 0 saturated carbocycles. The molecule has 2 aliphatic rings. The summed E-state index contributed by atoms with van der Waals surface area (Å²) in [6, 6.07) is 17.6. The van der Waals surface area contributed by atoms with E-state index in [2.05, 4.69) is 24.8 Å². The molecule has 0 bridgehead atoms. The number of nitrogens with two attached hydrogens (primary N) is 1. The number of ether oxygens (including phenoxy) is 3. The Morgan fingerprint density at radius 2 is 1.63 bits per heavy atom. The van der Waals surface area contributed by atoms with Gasteiger partial charge in [-0.25, -0.2) is 9.98 Å². The van der Waals surface area contributed by atoms with Crippen LogP contribution in [0.4, 0.5) is 23.1 Å². The van der Waals surface area contributed by atoms with Gasteiger partial charge in [-0.1, -0.05) is 23.2 Å². The van der Waals surface area contributed by atoms with E-state index in [0.717, 1.165) is 59.3 Å². The Hall–Kier alpha value is -4.87. The minimum Gasteiger partial charge on any atom is -0.493 e. The van der Waals surface area contributed by atoms with Crippen molar-refractivity contribution in [2.24, 2.45) is 4.99 Å². The number of rotatable bonds is 9. The van der Waals surface area contributed by atoms with E-state index in [1.165, 1.54) is 0 Å². The predicted molar refractivity (Wildman–Crippen MR) is 180 cm³/mol. The number of piperazine rings is 1. The van der Waals surface area contributed by atoms with Crippen molar-refractivity contribution in [2.45, 2.75) is 13.3 Å². The van der Waals surface area contributed by atoms with Crippen molar-refractivity contribution in [1.29, 1.82) is 0 Å². The van der Waals surface area contributed by atoms with Gasteiger partial charge >= 0.3 is 0 Å². The number of anilines is 3. The highest BCUT2D eigenvalue weighted by Gasteiger charge is 2.36. The van der Waals surface area contributed by atoms with Gasteiger partial charge < -0.3 is 24.8 Å². The number of nitrogen functional groups attached to an aromatic ring is 1. The van der Waals surface area contributed by atoms with Crippen molar-refractivity contribution in [3.05, 3.63) is 88.1 Å². The lowest BCUT2D eigenvalue weighted by Gasteiger charge is -2.37. The molecule has 1 fully saturated rings. The van der Waals surface area contributed by atoms with Crippen molar-refractivity contribution in [2.75, 3.05) is 69.7 Å². The number of hydrogen-bond donors (Lipinski definition) is 1. The third-order valence-electron chi connectivity index (χ3n) is 8.27. The van der Waals surface area contributed by atoms with Crippen LogP contribution in [0.25, 0.3) is 0 Å². The van der Waals surface area contributed by atoms with Gasteiger partial charge in [0.1, 0.15) is 11.5 Å². The van der Waals surface area contributed by atoms with Gasteiger partial charge in [-0.3, -0.25) is 14.6 Å². The van der Waals surface area contributed by atoms with Crippen LogP contribution >= 0.6 is 11.6 Å². The maximum absolute atomic E-state index is 13.9. The number of carbonyl (C=O) groups is 1. The van der Waals surface area contributed by atoms with Gasteiger partial charge in [0.2, 0.25) is 5.75 Å². The molecule has 238 valence electrons. The minimum absolute atomic E-state index is 0.125. The summed E-state index contributed by atoms with van der Waals surface area (Å²) < 4.78 is 16.4. The number of amides is 1. The van der Waals surface area contributed by atoms with E-state index in [1.807, 2.05) is 61.5 Å². The van der Waals surface area contributed by atoms with Crippen molar-refractivity contribution in [1.82, 2.24) is 14.9 Å². The number of hydrogen-bond acceptors (Lipinski definition) is 10. The van der Waals surface area contributed by atoms with Crippen LogP contribution in [0.3, 0.4) is 0 Å². The second-order valence-electron chi connectivity index (χ2n) is 11.2. The van der Waals surface area contributed by atoms with Crippen LogP contribution in [0.15, 0.2) is 65.8 Å². The number of aryl methyl sites for hydroxylation is 1. The van der Waals surface area contributed by atoms with Crippen LogP contribution in [0.5, 0.6) is 17.2 Å². The number of fused-ring (bicyclic) bond motifs is 1. The van der Waals surface area contributed by atoms with Crippen molar-refractivity contribution < 1.29 is 19.0 Å². The number of nitrogens with zero attached hydrogens (tertiary/aromatic N) is 6. The third kappa shape index (κ3) is 6.29. The molecule has 0 unspecified atom stereocenters. The van der Waals surface area contributed by atoms with E-state index in [4.69, 9.17) is 31.5 Å². The van der Waals surface area contributed by atoms with Crippen LogP contribution in [-0.2, 0) is 11.2 Å². The van der Waals surface area contributed by atoms with E-state index >= 15 is 0 Å². The Morgan fingerprint density at radius 3 is 2.26 bits per heavy atom. The maximum Gasteiger partial charge on any atom is 0.278 e. The zero-order valence-corrected chi connectivity index (χ0v) is 27.0. The molecule has 1 saturated heterocycles. The third-order valence-corrected chi connectivity index (χ3v) is 8.52. The fraction of sp³-hybridized carbons (Fsp3) is 0.294. The van der Waals surface area contributed by atoms with Gasteiger partial charge in [-0.05, 0) is 61.0 Å². The summed E-state index contributed by atoms with van der Waals surface area (Å²) in [7, 11) is 4.70. The monoisotopic (exact) mass is 641 g/mol. The molecule has 2 N–H and O–H groups in total. The quantitative estimate of drug-likeness (QED) is 0.273. The number of benzene rings is 3. The Morgan fingerprint density at radius 1 is 0.935 bits per heavy atom. The first-order valence-corrected chi connectivity index (χ1v) is 15.3. The molecule has 6 rings (SSSR count). The Kier molecular flexibility index (Phi) is 8.96. The molecule has 4 aromatic rings. The van der Waals surface area contributed by atoms with Gasteiger partial charge in [0.25, 0.3) is 11.9 Å². The highest BCUT2D eigenvalue weighted by molar-refractivity contribution is 6.54. The van der Waals surface area contributed by atoms with E-state index in [9.17, 15) is 4.79 Å². The van der Waals surface area contributed by atoms with Crippen LogP contribution in [0, 0.1) is 6.92 Å². The number of aromatic nitrogens is 2. The first-order chi connectivity index (χ1) is 22.3. The number of methoxy groups -OCH3 is 3. The minimum atomic E-state index is -0.190. The molecule has 11 nitrogen and oxygen atoms in total. The second kappa shape index (κ2) is 13.2. The molecule has 46 heavy (non-hydrogen) atoms. The number of carbonyl (C=O) groups excluding carboxylic acids is 1. The summed E-state index contributed by atoms with van der Waals surface area (Å²) in [6.45, 7) is 5.77. The Balaban J connectivity index is 1.20. The summed E-state index contributed by atoms with van der Waals surface area (Å²) in [5.74, 6) is 1.80. The number of aliphatic imine (C=N–C) groups is 1. The average Bonchev–Trinajstić information content (AvgIpc) is 3.31. The van der Waals surface area contributed by atoms with Crippen LogP contribution in [-0.4, -0.2) is 80.7 Å². The molecule has 0 atom stereocenters. The predicted octanol–water partition coefficient (Wildman–Crippen LogP) is 4.88. The highest BCUT2D eigenvalue weighted by Crippen LogP contribution is 2.39. The molecule has 0 aliphatic carbocycles. The standard InChI is InChI=1S/C34H36ClN7O4/c1-21-5-10-27-26(15-21)30(33(43)42(27)20-40-11-13-41(14-12-40)25-8-6-24(35)7-9-25)38-34-37-19-23(32(36)39-34)16-22-17-28(44-2)31(46-4)29(18-22)45-3/h5-10,15,17-19H,11-14,16,20H2,1-4H3,(H2,36,37,39)/b38-30-. The Labute approximate surface area is 273 Å². The number of halogens is 1. The second-order valence-corrected chi connectivity index (χ2v) is 11.7. The Bertz CT molecular complexity index is 1760. The lowest BCUT2D eigenvalue weighted by Crippen LogP contribution is -2.51. The van der Waals surface area contributed by atoms with Crippen molar-refractivity contribution in [3.63, 3.8) is 0 Å². The van der Waals surface area contributed by atoms with Crippen molar-refractivity contribution in [3.8, 4) is 17.2 Å². The highest BCUT2D eigenvalue weighted by atomic mass is 35.5. The lowest BCUT2D eigenvalue weighted by atomic mass is 10.1. The topological polar surface area (TPSA) is 119 Å². The molecule has 1 amide bonds. The summed E-state index contributed by atoms with van der Waals surface area (Å²) >= 11 is 6.07. The van der Waals surface area contributed by atoms with Gasteiger partial charge in [0, 0.05) is 60.6 Å². The first-order valence-electron chi connectivity index (χ1n) is 14.9. The van der Waals surface area contributed by atoms with Crippen LogP contribution < -0.4 is 29.7 Å². The largest absolute Gasteiger partial charge is 0.493 e. The summed E-state index contributed by atoms with van der Waals surface area (Å²) in [5, 5.41) is 0.723. The van der Waals surface area contributed by atoms with Crippen LogP contribution in [0.1, 0.15) is 22.3 Å². The molecular formula is C34H36ClN7O4. The fourth-order valence-electron chi connectivity index (χ4n) is 5.83. The van der Waals surface area contributed by atoms with Crippen LogP contribution in [0.2, 0.25) is 5.02 Å². The normalized spacial score (nSPS) is 15.8. The van der Waals surface area contributed by atoms with E-state index in [-0.39, 0.29) is 17.7 Å². The molecule has 0 spiro atoms. The smallest absolute Gasteiger partial charge is 0.278 e. The van der Waals surface area contributed by atoms with Crippen molar-refractivity contribution >= 4 is 46.4 Å². The summed E-state index contributed by atoms with van der Waals surface area (Å²) in [4.78, 5) is 33.8. The van der Waals surface area contributed by atoms with Gasteiger partial charge in [0.15, 0.2) is 11.5 Å². The molecule has 1 aromatic heterocycles. The average molecular weight is 642 g/mol. The molecule has 3 aromatic carbocycles. The molecule has 0 radical (unpaired) electrons. The summed E-state index contributed by atoms with van der Waals surface area (Å²) in [6.07, 6.45) is 2.07. The first kappa shape index (κ1) is 31.1. The molecule has 12 heteroatoms. The fourth-order valence-corrected chi connectivity index (χ4v) is 5.96. The SMILES string of the molecule is COc1cc(Cc2cnc(/N=C3\C(=O)N(CN4CCN(c5ccc(Cl)cc5)CC4)c4ccc(C)cc43)nc2N)cc(OC)c1OC. The van der Waals surface area contributed by atoms with Gasteiger partial charge in [0.05, 0.1) is 33.7 Å². The van der Waals surface area contributed by atoms with E-state index in [0.29, 0.717) is 41.6 Å². The molecule has 2 aliphatic heterocycles. The molecule has 3 heterocycles. The van der Waals surface area contributed by atoms with Gasteiger partial charge in [-0.2, -0.15) is 4.98 Å².